The van der Waals surface area contributed by atoms with E-state index in [9.17, 15) is 4.79 Å². The summed E-state index contributed by atoms with van der Waals surface area (Å²) in [6, 6.07) is 0. The number of carbonyl (C=O) groups is 1. The zero-order valence-corrected chi connectivity index (χ0v) is 8.84. The number of H-pyrrole nitrogens is 1. The number of rotatable bonds is 6. The molecule has 0 bridgehead atoms. The third-order valence-electron chi connectivity index (χ3n) is 1.91. The molecule has 15 heavy (non-hydrogen) atoms. The molecule has 0 saturated heterocycles. The van der Waals surface area contributed by atoms with Gasteiger partial charge in [0.05, 0.1) is 11.9 Å². The van der Waals surface area contributed by atoms with Gasteiger partial charge in [0.15, 0.2) is 0 Å². The van der Waals surface area contributed by atoms with E-state index in [-0.39, 0.29) is 5.91 Å². The molecule has 0 saturated carbocycles. The molecule has 0 aliphatic rings. The summed E-state index contributed by atoms with van der Waals surface area (Å²) in [5.41, 5.74) is 6.29. The van der Waals surface area contributed by atoms with E-state index in [1.165, 1.54) is 0 Å². The smallest absolute Gasteiger partial charge is 0.221 e. The van der Waals surface area contributed by atoms with Crippen molar-refractivity contribution in [2.24, 2.45) is 0 Å². The zero-order valence-electron chi connectivity index (χ0n) is 8.84. The summed E-state index contributed by atoms with van der Waals surface area (Å²) in [6.45, 7) is 3.30. The van der Waals surface area contributed by atoms with Crippen molar-refractivity contribution in [1.82, 2.24) is 15.5 Å². The Morgan fingerprint density at radius 1 is 1.60 bits per heavy atom. The van der Waals surface area contributed by atoms with Crippen LogP contribution in [-0.4, -0.2) is 29.2 Å². The van der Waals surface area contributed by atoms with Crippen molar-refractivity contribution in [3.63, 3.8) is 0 Å². The Balaban J connectivity index is 2.16. The summed E-state index contributed by atoms with van der Waals surface area (Å²) < 4.78 is 0. The van der Waals surface area contributed by atoms with Gasteiger partial charge in [-0.3, -0.25) is 9.89 Å². The molecule has 6 nitrogen and oxygen atoms in total. The number of nitrogen functional groups attached to an aromatic ring is 1. The van der Waals surface area contributed by atoms with Gasteiger partial charge in [-0.15, -0.1) is 0 Å². The summed E-state index contributed by atoms with van der Waals surface area (Å²) in [4.78, 5) is 11.2. The van der Waals surface area contributed by atoms with E-state index in [2.05, 4.69) is 20.8 Å². The lowest BCUT2D eigenvalue weighted by molar-refractivity contribution is -0.120. The van der Waals surface area contributed by atoms with E-state index in [4.69, 9.17) is 5.73 Å². The van der Waals surface area contributed by atoms with Gasteiger partial charge in [0.2, 0.25) is 5.91 Å². The largest absolute Gasteiger partial charge is 0.382 e. The first-order valence-electron chi connectivity index (χ1n) is 5.03. The molecule has 0 atom stereocenters. The van der Waals surface area contributed by atoms with E-state index < -0.39 is 0 Å². The fraction of sp³-hybridized carbons (Fsp3) is 0.556. The Kier molecular flexibility index (Phi) is 4.46. The molecule has 5 N–H and O–H groups in total. The maximum Gasteiger partial charge on any atom is 0.221 e. The van der Waals surface area contributed by atoms with E-state index >= 15 is 0 Å². The third-order valence-corrected chi connectivity index (χ3v) is 1.91. The van der Waals surface area contributed by atoms with Crippen molar-refractivity contribution in [1.29, 1.82) is 0 Å². The van der Waals surface area contributed by atoms with Crippen LogP contribution in [-0.2, 0) is 4.79 Å². The molecule has 1 rings (SSSR count). The second kappa shape index (κ2) is 5.90. The first-order valence-corrected chi connectivity index (χ1v) is 5.03. The lowest BCUT2D eigenvalue weighted by Gasteiger charge is -2.05. The standard InChI is InChI=1S/C9H17N5O/c1-2-4-12-8(15)3-5-11-7-6-13-14-9(7)10/h6,11H,2-5H2,1H3,(H,12,15)(H3,10,13,14). The lowest BCUT2D eigenvalue weighted by Crippen LogP contribution is -2.25. The van der Waals surface area contributed by atoms with Gasteiger partial charge in [-0.1, -0.05) is 6.92 Å². The van der Waals surface area contributed by atoms with Gasteiger partial charge in [-0.05, 0) is 6.42 Å². The van der Waals surface area contributed by atoms with E-state index in [0.717, 1.165) is 18.7 Å². The van der Waals surface area contributed by atoms with E-state index in [1.807, 2.05) is 6.92 Å². The van der Waals surface area contributed by atoms with Gasteiger partial charge in [0.1, 0.15) is 5.82 Å². The van der Waals surface area contributed by atoms with Crippen molar-refractivity contribution in [3.05, 3.63) is 6.20 Å². The number of nitrogens with one attached hydrogen (secondary N) is 3. The van der Waals surface area contributed by atoms with Crippen molar-refractivity contribution < 1.29 is 4.79 Å². The van der Waals surface area contributed by atoms with Crippen molar-refractivity contribution in [3.8, 4) is 0 Å². The molecule has 1 amide bonds. The summed E-state index contributed by atoms with van der Waals surface area (Å²) in [5.74, 6) is 0.537. The van der Waals surface area contributed by atoms with Crippen LogP contribution in [0.1, 0.15) is 19.8 Å². The van der Waals surface area contributed by atoms with Crippen LogP contribution in [0.15, 0.2) is 6.20 Å². The fourth-order valence-electron chi connectivity index (χ4n) is 1.10. The molecule has 1 aromatic heterocycles. The number of hydrogen-bond acceptors (Lipinski definition) is 4. The molecule has 0 radical (unpaired) electrons. The quantitative estimate of drug-likeness (QED) is 0.545. The minimum atomic E-state index is 0.0476. The van der Waals surface area contributed by atoms with Gasteiger partial charge in [-0.25, -0.2) is 0 Å². The lowest BCUT2D eigenvalue weighted by atomic mass is 10.3. The molecule has 0 aliphatic carbocycles. The highest BCUT2D eigenvalue weighted by molar-refractivity contribution is 5.76. The van der Waals surface area contributed by atoms with E-state index in [1.54, 1.807) is 6.20 Å². The first kappa shape index (κ1) is 11.4. The van der Waals surface area contributed by atoms with Gasteiger partial charge >= 0.3 is 0 Å². The number of carbonyl (C=O) groups excluding carboxylic acids is 1. The third kappa shape index (κ3) is 3.88. The number of aromatic amines is 1. The summed E-state index contributed by atoms with van der Waals surface area (Å²) >= 11 is 0. The van der Waals surface area contributed by atoms with E-state index in [0.29, 0.717) is 18.8 Å². The molecule has 0 spiro atoms. The molecule has 6 heteroatoms. The monoisotopic (exact) mass is 211 g/mol. The summed E-state index contributed by atoms with van der Waals surface area (Å²) in [5, 5.41) is 12.2. The Morgan fingerprint density at radius 2 is 2.40 bits per heavy atom. The van der Waals surface area contributed by atoms with Crippen LogP contribution in [0.4, 0.5) is 11.5 Å². The topological polar surface area (TPSA) is 95.8 Å². The maximum absolute atomic E-state index is 11.2. The summed E-state index contributed by atoms with van der Waals surface area (Å²) in [7, 11) is 0. The highest BCUT2D eigenvalue weighted by Crippen LogP contribution is 2.12. The molecule has 0 aromatic carbocycles. The van der Waals surface area contributed by atoms with Crippen LogP contribution in [0.25, 0.3) is 0 Å². The molecule has 1 aromatic rings. The van der Waals surface area contributed by atoms with Gasteiger partial charge in [-0.2, -0.15) is 5.10 Å². The summed E-state index contributed by atoms with van der Waals surface area (Å²) in [6.07, 6.45) is 2.98. The number of amides is 1. The number of aromatic nitrogens is 2. The van der Waals surface area contributed by atoms with Crippen molar-refractivity contribution in [2.75, 3.05) is 24.1 Å². The average molecular weight is 211 g/mol. The second-order valence-electron chi connectivity index (χ2n) is 3.22. The molecule has 0 unspecified atom stereocenters. The van der Waals surface area contributed by atoms with Crippen LogP contribution in [0.5, 0.6) is 0 Å². The van der Waals surface area contributed by atoms with Crippen LogP contribution in [0, 0.1) is 0 Å². The highest BCUT2D eigenvalue weighted by Gasteiger charge is 2.02. The number of anilines is 2. The molecular formula is C9H17N5O. The molecule has 0 aliphatic heterocycles. The molecule has 0 fully saturated rings. The number of hydrogen-bond donors (Lipinski definition) is 4. The van der Waals surface area contributed by atoms with Crippen molar-refractivity contribution in [2.45, 2.75) is 19.8 Å². The Morgan fingerprint density at radius 3 is 3.00 bits per heavy atom. The van der Waals surface area contributed by atoms with Crippen molar-refractivity contribution >= 4 is 17.4 Å². The predicted octanol–water partition coefficient (Wildman–Crippen LogP) is 0.320. The fourth-order valence-corrected chi connectivity index (χ4v) is 1.10. The first-order chi connectivity index (χ1) is 7.24. The SMILES string of the molecule is CCCNC(=O)CCNc1cn[nH]c1N. The molecule has 84 valence electrons. The zero-order chi connectivity index (χ0) is 11.1. The Hall–Kier alpha value is -1.72. The molecular weight excluding hydrogens is 194 g/mol. The van der Waals surface area contributed by atoms with Crippen LogP contribution in [0.3, 0.4) is 0 Å². The van der Waals surface area contributed by atoms with Gasteiger partial charge in [0.25, 0.3) is 0 Å². The number of nitrogens with zero attached hydrogens (tertiary/aromatic N) is 1. The van der Waals surface area contributed by atoms with Crippen LogP contribution < -0.4 is 16.4 Å². The minimum Gasteiger partial charge on any atom is -0.382 e. The van der Waals surface area contributed by atoms with Crippen LogP contribution in [0.2, 0.25) is 0 Å². The van der Waals surface area contributed by atoms with Crippen LogP contribution >= 0.6 is 0 Å². The maximum atomic E-state index is 11.2. The minimum absolute atomic E-state index is 0.0476. The average Bonchev–Trinajstić information content (AvgIpc) is 2.61. The normalized spacial score (nSPS) is 9.93. The molecule has 1 heterocycles. The number of nitrogens with two attached hydrogens (primary N) is 1. The Bertz CT molecular complexity index is 309. The Labute approximate surface area is 88.6 Å². The van der Waals surface area contributed by atoms with Gasteiger partial charge < -0.3 is 16.4 Å². The predicted molar refractivity (Wildman–Crippen MR) is 59.4 cm³/mol. The second-order valence-corrected chi connectivity index (χ2v) is 3.22. The van der Waals surface area contributed by atoms with Gasteiger partial charge in [0, 0.05) is 19.5 Å². The highest BCUT2D eigenvalue weighted by atomic mass is 16.1.